The van der Waals surface area contributed by atoms with E-state index in [0.29, 0.717) is 6.54 Å². The summed E-state index contributed by atoms with van der Waals surface area (Å²) in [7, 11) is 0. The van der Waals surface area contributed by atoms with Crippen LogP contribution in [0.15, 0.2) is 24.5 Å². The summed E-state index contributed by atoms with van der Waals surface area (Å²) in [5, 5.41) is 4.30. The molecule has 2 aromatic rings. The van der Waals surface area contributed by atoms with E-state index in [0.717, 1.165) is 16.6 Å². The maximum Gasteiger partial charge on any atom is 0.182 e. The maximum atomic E-state index is 5.56. The zero-order chi connectivity index (χ0) is 12.3. The summed E-state index contributed by atoms with van der Waals surface area (Å²) >= 11 is 1.61. The van der Waals surface area contributed by atoms with Crippen LogP contribution in [0.25, 0.3) is 0 Å². The number of nitrogens with two attached hydrogens (primary N) is 1. The largest absolute Gasteiger partial charge is 0.364 e. The van der Waals surface area contributed by atoms with Crippen molar-refractivity contribution in [1.82, 2.24) is 9.97 Å². The highest BCUT2D eigenvalue weighted by Gasteiger charge is 2.21. The lowest BCUT2D eigenvalue weighted by Crippen LogP contribution is -2.27. The topological polar surface area (TPSA) is 66.7 Å². The molecule has 0 fully saturated rings. The molecule has 0 spiro atoms. The monoisotopic (exact) mass is 250 g/mol. The van der Waals surface area contributed by atoms with Gasteiger partial charge in [-0.2, -0.15) is 0 Å². The number of nitrogens with one attached hydrogen (secondary N) is 2. The number of rotatable bonds is 5. The number of aromatic amines is 1. The van der Waals surface area contributed by atoms with Crippen LogP contribution in [0.3, 0.4) is 0 Å². The highest BCUT2D eigenvalue weighted by atomic mass is 32.1. The summed E-state index contributed by atoms with van der Waals surface area (Å²) in [5.41, 5.74) is 6.84. The van der Waals surface area contributed by atoms with E-state index in [1.807, 2.05) is 18.5 Å². The third-order valence-corrected chi connectivity index (χ3v) is 3.74. The van der Waals surface area contributed by atoms with Crippen molar-refractivity contribution in [2.75, 3.05) is 11.9 Å². The van der Waals surface area contributed by atoms with Gasteiger partial charge in [0.15, 0.2) is 5.13 Å². The molecule has 0 aromatic carbocycles. The zero-order valence-corrected chi connectivity index (χ0v) is 11.0. The molecule has 0 saturated carbocycles. The molecule has 0 atom stereocenters. The molecular weight excluding hydrogens is 232 g/mol. The first-order valence-corrected chi connectivity index (χ1v) is 6.46. The number of thiazole rings is 1. The number of hydrogen-bond acceptors (Lipinski definition) is 4. The molecule has 5 heteroatoms. The Morgan fingerprint density at radius 2 is 2.35 bits per heavy atom. The average molecular weight is 250 g/mol. The highest BCUT2D eigenvalue weighted by molar-refractivity contribution is 7.15. The van der Waals surface area contributed by atoms with Crippen LogP contribution in [0.2, 0.25) is 0 Å². The van der Waals surface area contributed by atoms with Gasteiger partial charge in [-0.3, -0.25) is 0 Å². The summed E-state index contributed by atoms with van der Waals surface area (Å²) in [4.78, 5) is 8.64. The van der Waals surface area contributed by atoms with Gasteiger partial charge < -0.3 is 16.0 Å². The van der Waals surface area contributed by atoms with Crippen molar-refractivity contribution >= 4 is 16.5 Å². The lowest BCUT2D eigenvalue weighted by Gasteiger charge is -2.23. The van der Waals surface area contributed by atoms with Gasteiger partial charge in [0.2, 0.25) is 0 Å². The van der Waals surface area contributed by atoms with Crippen LogP contribution in [0.5, 0.6) is 0 Å². The molecular formula is C12H18N4S. The molecule has 2 heterocycles. The second kappa shape index (κ2) is 4.89. The number of nitrogens with zero attached hydrogens (tertiary/aromatic N) is 1. The van der Waals surface area contributed by atoms with Crippen LogP contribution in [0.1, 0.15) is 24.4 Å². The van der Waals surface area contributed by atoms with E-state index in [-0.39, 0.29) is 5.41 Å². The predicted octanol–water partition coefficient (Wildman–Crippen LogP) is 2.32. The normalized spacial score (nSPS) is 11.7. The Kier molecular flexibility index (Phi) is 3.49. The minimum Gasteiger partial charge on any atom is -0.364 e. The Balaban J connectivity index is 1.97. The smallest absolute Gasteiger partial charge is 0.182 e. The van der Waals surface area contributed by atoms with Gasteiger partial charge in [-0.25, -0.2) is 4.98 Å². The SMILES string of the molecule is CC(C)(CNc1ncc(CN)s1)c1ccc[nH]1. The van der Waals surface area contributed by atoms with Crippen LogP contribution < -0.4 is 11.1 Å². The summed E-state index contributed by atoms with van der Waals surface area (Å²) < 4.78 is 0. The van der Waals surface area contributed by atoms with Crippen LogP contribution >= 0.6 is 11.3 Å². The lowest BCUT2D eigenvalue weighted by molar-refractivity contribution is 0.541. The van der Waals surface area contributed by atoms with E-state index in [1.54, 1.807) is 11.3 Å². The van der Waals surface area contributed by atoms with Gasteiger partial charge in [0, 0.05) is 41.5 Å². The Labute approximate surface area is 105 Å². The molecule has 0 bridgehead atoms. The Morgan fingerprint density at radius 3 is 2.94 bits per heavy atom. The van der Waals surface area contributed by atoms with Crippen molar-refractivity contribution in [3.63, 3.8) is 0 Å². The molecule has 4 N–H and O–H groups in total. The molecule has 0 amide bonds. The molecule has 0 unspecified atom stereocenters. The standard InChI is InChI=1S/C12H18N4S/c1-12(2,10-4-3-5-14-10)8-16-11-15-7-9(6-13)17-11/h3-5,7,14H,6,8,13H2,1-2H3,(H,15,16). The van der Waals surface area contributed by atoms with Gasteiger partial charge in [-0.1, -0.05) is 13.8 Å². The molecule has 0 aliphatic carbocycles. The second-order valence-corrected chi connectivity index (χ2v) is 5.77. The third kappa shape index (κ3) is 2.87. The molecule has 0 saturated heterocycles. The number of hydrogen-bond donors (Lipinski definition) is 3. The molecule has 0 aliphatic heterocycles. The highest BCUT2D eigenvalue weighted by Crippen LogP contribution is 2.24. The van der Waals surface area contributed by atoms with Gasteiger partial charge in [-0.15, -0.1) is 11.3 Å². The van der Waals surface area contributed by atoms with Gasteiger partial charge in [0.25, 0.3) is 0 Å². The molecule has 17 heavy (non-hydrogen) atoms. The van der Waals surface area contributed by atoms with E-state index in [4.69, 9.17) is 5.73 Å². The van der Waals surface area contributed by atoms with Crippen molar-refractivity contribution in [1.29, 1.82) is 0 Å². The van der Waals surface area contributed by atoms with Crippen molar-refractivity contribution in [3.05, 3.63) is 35.1 Å². The fourth-order valence-corrected chi connectivity index (χ4v) is 2.31. The summed E-state index contributed by atoms with van der Waals surface area (Å²) in [5.74, 6) is 0. The predicted molar refractivity (Wildman–Crippen MR) is 72.3 cm³/mol. The number of H-pyrrole nitrogens is 1. The van der Waals surface area contributed by atoms with Crippen LogP contribution in [0, 0.1) is 0 Å². The van der Waals surface area contributed by atoms with Crippen molar-refractivity contribution in [3.8, 4) is 0 Å². The zero-order valence-electron chi connectivity index (χ0n) is 10.2. The molecule has 0 aliphatic rings. The van der Waals surface area contributed by atoms with Gasteiger partial charge in [0.1, 0.15) is 0 Å². The third-order valence-electron chi connectivity index (χ3n) is 2.76. The average Bonchev–Trinajstić information content (AvgIpc) is 2.98. The van der Waals surface area contributed by atoms with Gasteiger partial charge in [0.05, 0.1) is 0 Å². The van der Waals surface area contributed by atoms with E-state index in [9.17, 15) is 0 Å². The molecule has 0 radical (unpaired) electrons. The Hall–Kier alpha value is -1.33. The van der Waals surface area contributed by atoms with Crippen LogP contribution in [-0.4, -0.2) is 16.5 Å². The second-order valence-electron chi connectivity index (χ2n) is 4.66. The quantitative estimate of drug-likeness (QED) is 0.763. The van der Waals surface area contributed by atoms with E-state index >= 15 is 0 Å². The minimum atomic E-state index is 0.0536. The van der Waals surface area contributed by atoms with E-state index < -0.39 is 0 Å². The Bertz CT molecular complexity index is 459. The fraction of sp³-hybridized carbons (Fsp3) is 0.417. The van der Waals surface area contributed by atoms with Crippen LogP contribution in [0.4, 0.5) is 5.13 Å². The van der Waals surface area contributed by atoms with E-state index in [2.05, 4.69) is 35.2 Å². The number of aromatic nitrogens is 2. The van der Waals surface area contributed by atoms with Crippen LogP contribution in [-0.2, 0) is 12.0 Å². The van der Waals surface area contributed by atoms with Crippen molar-refractivity contribution in [2.24, 2.45) is 5.73 Å². The molecule has 2 aromatic heterocycles. The first-order valence-electron chi connectivity index (χ1n) is 5.64. The molecule has 4 nitrogen and oxygen atoms in total. The molecule has 92 valence electrons. The summed E-state index contributed by atoms with van der Waals surface area (Å²) in [6.45, 7) is 5.79. The molecule has 2 rings (SSSR count). The first kappa shape index (κ1) is 12.1. The van der Waals surface area contributed by atoms with E-state index in [1.165, 1.54) is 5.69 Å². The summed E-state index contributed by atoms with van der Waals surface area (Å²) in [6, 6.07) is 4.13. The van der Waals surface area contributed by atoms with Gasteiger partial charge in [-0.05, 0) is 12.1 Å². The maximum absolute atomic E-state index is 5.56. The van der Waals surface area contributed by atoms with Crippen molar-refractivity contribution in [2.45, 2.75) is 25.8 Å². The lowest BCUT2D eigenvalue weighted by atomic mass is 9.89. The van der Waals surface area contributed by atoms with Gasteiger partial charge >= 0.3 is 0 Å². The van der Waals surface area contributed by atoms with Crippen molar-refractivity contribution < 1.29 is 0 Å². The first-order chi connectivity index (χ1) is 8.12. The Morgan fingerprint density at radius 1 is 1.53 bits per heavy atom. The fourth-order valence-electron chi connectivity index (χ4n) is 1.63. The minimum absolute atomic E-state index is 0.0536. The number of anilines is 1. The summed E-state index contributed by atoms with van der Waals surface area (Å²) in [6.07, 6.45) is 3.78.